The van der Waals surface area contributed by atoms with Crippen molar-refractivity contribution in [2.75, 3.05) is 5.32 Å². The van der Waals surface area contributed by atoms with Crippen LogP contribution in [0, 0.1) is 0 Å². The van der Waals surface area contributed by atoms with E-state index in [0.29, 0.717) is 25.1 Å². The molecular formula is C23H24N6OS. The van der Waals surface area contributed by atoms with Crippen LogP contribution >= 0.6 is 11.3 Å². The van der Waals surface area contributed by atoms with Crippen LogP contribution in [0.4, 0.5) is 11.4 Å². The second-order valence-corrected chi connectivity index (χ2v) is 8.87. The smallest absolute Gasteiger partial charge is 0.127 e. The van der Waals surface area contributed by atoms with Crippen LogP contribution < -0.4 is 16.4 Å². The second kappa shape index (κ2) is 8.32. The highest BCUT2D eigenvalue weighted by Crippen LogP contribution is 2.40. The zero-order valence-corrected chi connectivity index (χ0v) is 17.7. The first kappa shape index (κ1) is 20.0. The molecule has 158 valence electrons. The lowest BCUT2D eigenvalue weighted by molar-refractivity contribution is 0.0234. The van der Waals surface area contributed by atoms with E-state index in [1.54, 1.807) is 23.7 Å². The van der Waals surface area contributed by atoms with E-state index < -0.39 is 5.60 Å². The van der Waals surface area contributed by atoms with Gasteiger partial charge in [-0.15, -0.1) is 11.3 Å². The van der Waals surface area contributed by atoms with Gasteiger partial charge in [0.05, 0.1) is 17.6 Å². The molecule has 1 aliphatic carbocycles. The minimum absolute atomic E-state index is 0.108. The van der Waals surface area contributed by atoms with Crippen LogP contribution in [0.5, 0.6) is 0 Å². The monoisotopic (exact) mass is 432 g/mol. The molecule has 3 heterocycles. The normalized spacial score (nSPS) is 23.3. The maximum Gasteiger partial charge on any atom is 0.127 e. The van der Waals surface area contributed by atoms with Crippen molar-refractivity contribution in [1.82, 2.24) is 20.3 Å². The SMILES string of the molecule is NC1CC(NCc2ccc(Nc3cccnc3)cc2)CC1(O)c1ncnc2sccc12. The average molecular weight is 433 g/mol. The lowest BCUT2D eigenvalue weighted by atomic mass is 9.92. The molecule has 31 heavy (non-hydrogen) atoms. The minimum Gasteiger partial charge on any atom is -0.382 e. The molecule has 5 rings (SSSR count). The quantitative estimate of drug-likeness (QED) is 0.370. The van der Waals surface area contributed by atoms with Gasteiger partial charge in [-0.25, -0.2) is 9.97 Å². The molecule has 0 aliphatic heterocycles. The number of rotatable bonds is 6. The van der Waals surface area contributed by atoms with E-state index in [1.807, 2.05) is 23.6 Å². The van der Waals surface area contributed by atoms with E-state index in [0.717, 1.165) is 21.6 Å². The molecule has 3 atom stereocenters. The molecule has 0 spiro atoms. The summed E-state index contributed by atoms with van der Waals surface area (Å²) in [6.07, 6.45) is 6.27. The van der Waals surface area contributed by atoms with Gasteiger partial charge >= 0.3 is 0 Å². The summed E-state index contributed by atoms with van der Waals surface area (Å²) in [5, 5.41) is 21.2. The van der Waals surface area contributed by atoms with Crippen LogP contribution in [-0.2, 0) is 12.1 Å². The zero-order valence-electron chi connectivity index (χ0n) is 16.9. The van der Waals surface area contributed by atoms with Crippen molar-refractivity contribution >= 4 is 32.9 Å². The number of nitrogens with one attached hydrogen (secondary N) is 2. The van der Waals surface area contributed by atoms with Crippen molar-refractivity contribution in [3.63, 3.8) is 0 Å². The van der Waals surface area contributed by atoms with Crippen LogP contribution in [0.2, 0.25) is 0 Å². The minimum atomic E-state index is -1.16. The van der Waals surface area contributed by atoms with E-state index in [1.165, 1.54) is 11.9 Å². The predicted octanol–water partition coefficient (Wildman–Crippen LogP) is 3.30. The van der Waals surface area contributed by atoms with Gasteiger partial charge in [0.15, 0.2) is 0 Å². The van der Waals surface area contributed by atoms with Crippen LogP contribution in [0.15, 0.2) is 66.6 Å². The summed E-state index contributed by atoms with van der Waals surface area (Å²) in [6.45, 7) is 0.707. The molecule has 0 bridgehead atoms. The van der Waals surface area contributed by atoms with Crippen LogP contribution in [0.1, 0.15) is 24.1 Å². The summed E-state index contributed by atoms with van der Waals surface area (Å²) in [5.41, 5.74) is 9.02. The Morgan fingerprint density at radius 3 is 2.81 bits per heavy atom. The van der Waals surface area contributed by atoms with Crippen molar-refractivity contribution in [2.45, 2.75) is 37.1 Å². The third-order valence-corrected chi connectivity index (χ3v) is 6.70. The number of hydrogen-bond donors (Lipinski definition) is 4. The topological polar surface area (TPSA) is 109 Å². The number of nitrogens with two attached hydrogens (primary N) is 1. The van der Waals surface area contributed by atoms with Gasteiger partial charge in [-0.3, -0.25) is 4.98 Å². The summed E-state index contributed by atoms with van der Waals surface area (Å²) in [7, 11) is 0. The summed E-state index contributed by atoms with van der Waals surface area (Å²) in [6, 6.07) is 13.9. The predicted molar refractivity (Wildman–Crippen MR) is 123 cm³/mol. The van der Waals surface area contributed by atoms with Crippen molar-refractivity contribution in [3.8, 4) is 0 Å². The molecule has 4 aromatic rings. The van der Waals surface area contributed by atoms with Gasteiger partial charge in [0.25, 0.3) is 0 Å². The third-order valence-electron chi connectivity index (χ3n) is 5.88. The Morgan fingerprint density at radius 1 is 1.13 bits per heavy atom. The first-order valence-electron chi connectivity index (χ1n) is 10.3. The molecule has 7 nitrogen and oxygen atoms in total. The van der Waals surface area contributed by atoms with Crippen LogP contribution in [0.25, 0.3) is 10.2 Å². The second-order valence-electron chi connectivity index (χ2n) is 7.97. The Labute approximate surface area is 184 Å². The molecule has 0 saturated heterocycles. The van der Waals surface area contributed by atoms with E-state index >= 15 is 0 Å². The largest absolute Gasteiger partial charge is 0.382 e. The molecule has 3 aromatic heterocycles. The summed E-state index contributed by atoms with van der Waals surface area (Å²) in [5.74, 6) is 0. The molecule has 0 radical (unpaired) electrons. The standard InChI is InChI=1S/C23H24N6OS/c24-20-10-18(11-23(20,30)21-19-7-9-31-22(19)28-14-27-21)26-12-15-3-5-16(6-4-15)29-17-2-1-8-25-13-17/h1-9,13-14,18,20,26,29-30H,10-12,24H2. The molecule has 3 unspecified atom stereocenters. The van der Waals surface area contributed by atoms with E-state index in [4.69, 9.17) is 5.73 Å². The van der Waals surface area contributed by atoms with Crippen LogP contribution in [0.3, 0.4) is 0 Å². The summed E-state index contributed by atoms with van der Waals surface area (Å²) in [4.78, 5) is 13.7. The highest BCUT2D eigenvalue weighted by atomic mass is 32.1. The number of thiophene rings is 1. The van der Waals surface area contributed by atoms with Crippen molar-refractivity contribution in [3.05, 3.63) is 77.8 Å². The molecule has 0 amide bonds. The number of benzene rings is 1. The third kappa shape index (κ3) is 4.03. The number of fused-ring (bicyclic) bond motifs is 1. The van der Waals surface area contributed by atoms with Gasteiger partial charge in [-0.05, 0) is 54.1 Å². The Hall–Kier alpha value is -2.91. The van der Waals surface area contributed by atoms with E-state index in [2.05, 4.69) is 49.9 Å². The van der Waals surface area contributed by atoms with E-state index in [9.17, 15) is 5.11 Å². The number of aliphatic hydroxyl groups is 1. The molecule has 1 aromatic carbocycles. The fourth-order valence-electron chi connectivity index (χ4n) is 4.25. The highest BCUT2D eigenvalue weighted by Gasteiger charge is 2.47. The van der Waals surface area contributed by atoms with Gasteiger partial charge in [0.1, 0.15) is 16.8 Å². The molecule has 1 aliphatic rings. The van der Waals surface area contributed by atoms with Gasteiger partial charge < -0.3 is 21.5 Å². The molecular weight excluding hydrogens is 408 g/mol. The molecule has 5 N–H and O–H groups in total. The maximum absolute atomic E-state index is 11.4. The molecule has 8 heteroatoms. The Bertz CT molecular complexity index is 1170. The number of pyridine rings is 1. The Morgan fingerprint density at radius 2 is 2.00 bits per heavy atom. The summed E-state index contributed by atoms with van der Waals surface area (Å²) < 4.78 is 0. The van der Waals surface area contributed by atoms with E-state index in [-0.39, 0.29) is 12.1 Å². The highest BCUT2D eigenvalue weighted by molar-refractivity contribution is 7.16. The number of hydrogen-bond acceptors (Lipinski definition) is 8. The Kier molecular flexibility index (Phi) is 5.37. The van der Waals surface area contributed by atoms with Crippen molar-refractivity contribution in [1.29, 1.82) is 0 Å². The first-order chi connectivity index (χ1) is 15.1. The molecule has 1 saturated carbocycles. The fraction of sp³-hybridized carbons (Fsp3) is 0.261. The van der Waals surface area contributed by atoms with Crippen molar-refractivity contribution in [2.24, 2.45) is 5.73 Å². The van der Waals surface area contributed by atoms with Gasteiger partial charge in [-0.2, -0.15) is 0 Å². The molecule has 1 fully saturated rings. The maximum atomic E-state index is 11.4. The van der Waals surface area contributed by atoms with Crippen molar-refractivity contribution < 1.29 is 5.11 Å². The lowest BCUT2D eigenvalue weighted by Crippen LogP contribution is -2.41. The fourth-order valence-corrected chi connectivity index (χ4v) is 4.98. The number of anilines is 2. The lowest BCUT2D eigenvalue weighted by Gasteiger charge is -2.27. The summed E-state index contributed by atoms with van der Waals surface area (Å²) >= 11 is 1.54. The Balaban J connectivity index is 1.23. The van der Waals surface area contributed by atoms with Crippen LogP contribution in [-0.4, -0.2) is 32.1 Å². The number of aromatic nitrogens is 3. The van der Waals surface area contributed by atoms with Gasteiger partial charge in [-0.1, -0.05) is 12.1 Å². The number of nitrogens with zero attached hydrogens (tertiary/aromatic N) is 3. The van der Waals surface area contributed by atoms with Gasteiger partial charge in [0, 0.05) is 35.9 Å². The average Bonchev–Trinajstić information content (AvgIpc) is 3.38. The zero-order chi connectivity index (χ0) is 21.3. The first-order valence-corrected chi connectivity index (χ1v) is 11.2. The van der Waals surface area contributed by atoms with Gasteiger partial charge in [0.2, 0.25) is 0 Å².